The van der Waals surface area contributed by atoms with Gasteiger partial charge in [-0.15, -0.1) is 0 Å². The highest BCUT2D eigenvalue weighted by molar-refractivity contribution is 7.55. The lowest BCUT2D eigenvalue weighted by Crippen LogP contribution is -2.56. The molecule has 0 aromatic carbocycles. The topological polar surface area (TPSA) is 216 Å². The molecule has 0 saturated heterocycles. The molecule has 0 heterocycles. The monoisotopic (exact) mass is 363 g/mol. The molecule has 0 amide bonds. The van der Waals surface area contributed by atoms with E-state index in [2.05, 4.69) is 0 Å². The van der Waals surface area contributed by atoms with Crippen molar-refractivity contribution >= 4 is 27.1 Å². The van der Waals surface area contributed by atoms with E-state index in [4.69, 9.17) is 20.6 Å². The number of carbonyl (C=O) groups is 2. The largest absolute Gasteiger partial charge is 0.481 e. The van der Waals surface area contributed by atoms with Crippen molar-refractivity contribution in [1.82, 2.24) is 0 Å². The van der Waals surface area contributed by atoms with Crippen LogP contribution >= 0.6 is 15.2 Å². The number of aliphatic carboxylic acids is 2. The Morgan fingerprint density at radius 3 is 1.82 bits per heavy atom. The van der Waals surface area contributed by atoms with Crippen LogP contribution < -0.4 is 5.73 Å². The summed E-state index contributed by atoms with van der Waals surface area (Å²) in [6, 6.07) is -1.69. The minimum Gasteiger partial charge on any atom is -0.481 e. The summed E-state index contributed by atoms with van der Waals surface area (Å²) in [5, 5.41) is 15.0. The summed E-state index contributed by atoms with van der Waals surface area (Å²) in [6.45, 7) is 1.55. The van der Waals surface area contributed by atoms with Gasteiger partial charge in [0.1, 0.15) is 0 Å². The standard InChI is InChI=1S/C9H19NO10P2/c1-2-3-6(10)9(8(13)14,22(18,19)20)4-5(7(11)12)21(15,16)17/h5-6H,2-4,10H2,1H3,(H,11,12)(H,13,14)(H2,15,16,17)(H2,18,19,20). The Kier molecular flexibility index (Phi) is 6.92. The fourth-order valence-electron chi connectivity index (χ4n) is 2.05. The Balaban J connectivity index is 6.19. The molecule has 22 heavy (non-hydrogen) atoms. The second-order valence-electron chi connectivity index (χ2n) is 4.82. The van der Waals surface area contributed by atoms with E-state index in [1.165, 1.54) is 0 Å². The average molecular weight is 363 g/mol. The first kappa shape index (κ1) is 21.2. The van der Waals surface area contributed by atoms with Crippen LogP contribution in [0.3, 0.4) is 0 Å². The van der Waals surface area contributed by atoms with E-state index >= 15 is 0 Å². The zero-order chi connectivity index (χ0) is 17.9. The molecule has 0 bridgehead atoms. The molecular formula is C9H19NO10P2. The van der Waals surface area contributed by atoms with Gasteiger partial charge >= 0.3 is 27.1 Å². The summed E-state index contributed by atoms with van der Waals surface area (Å²) in [4.78, 5) is 59.2. The summed E-state index contributed by atoms with van der Waals surface area (Å²) in [5.41, 5.74) is 2.93. The fourth-order valence-corrected chi connectivity index (χ4v) is 4.24. The molecule has 0 rings (SSSR count). The van der Waals surface area contributed by atoms with Gasteiger partial charge in [-0.1, -0.05) is 13.3 Å². The SMILES string of the molecule is CCCC(N)C(CC(C(=O)O)P(=O)(O)O)(C(=O)O)P(=O)(O)O. The Hall–Kier alpha value is -0.800. The summed E-state index contributed by atoms with van der Waals surface area (Å²) in [5.74, 6) is -4.18. The van der Waals surface area contributed by atoms with Crippen molar-refractivity contribution in [3.8, 4) is 0 Å². The first-order chi connectivity index (χ1) is 9.71. The van der Waals surface area contributed by atoms with E-state index in [9.17, 15) is 33.6 Å². The minimum absolute atomic E-state index is 0.190. The highest BCUT2D eigenvalue weighted by Crippen LogP contribution is 2.59. The van der Waals surface area contributed by atoms with Crippen molar-refractivity contribution in [3.05, 3.63) is 0 Å². The Labute approximate surface area is 125 Å². The van der Waals surface area contributed by atoms with Crippen molar-refractivity contribution in [2.45, 2.75) is 43.0 Å². The molecular weight excluding hydrogens is 344 g/mol. The molecule has 0 aromatic heterocycles. The second kappa shape index (κ2) is 7.18. The Morgan fingerprint density at radius 2 is 1.59 bits per heavy atom. The molecule has 3 unspecified atom stereocenters. The van der Waals surface area contributed by atoms with Gasteiger partial charge in [0.25, 0.3) is 0 Å². The van der Waals surface area contributed by atoms with E-state index < -0.39 is 50.4 Å². The van der Waals surface area contributed by atoms with Gasteiger partial charge < -0.3 is 35.5 Å². The van der Waals surface area contributed by atoms with Gasteiger partial charge in [0.05, 0.1) is 0 Å². The molecule has 0 aliphatic heterocycles. The van der Waals surface area contributed by atoms with Gasteiger partial charge in [-0.2, -0.15) is 0 Å². The van der Waals surface area contributed by atoms with Crippen molar-refractivity contribution in [3.63, 3.8) is 0 Å². The van der Waals surface area contributed by atoms with Crippen LogP contribution in [0.4, 0.5) is 0 Å². The molecule has 8 N–H and O–H groups in total. The van der Waals surface area contributed by atoms with Crippen molar-refractivity contribution in [2.24, 2.45) is 5.73 Å². The predicted molar refractivity (Wildman–Crippen MR) is 73.4 cm³/mol. The van der Waals surface area contributed by atoms with E-state index in [1.807, 2.05) is 0 Å². The Morgan fingerprint density at radius 1 is 1.14 bits per heavy atom. The Bertz CT molecular complexity index is 524. The van der Waals surface area contributed by atoms with Gasteiger partial charge in [-0.05, 0) is 6.42 Å². The molecule has 130 valence electrons. The number of rotatable bonds is 9. The van der Waals surface area contributed by atoms with Crippen LogP contribution in [-0.4, -0.2) is 58.6 Å². The fraction of sp³-hybridized carbons (Fsp3) is 0.778. The van der Waals surface area contributed by atoms with Gasteiger partial charge in [0, 0.05) is 12.5 Å². The van der Waals surface area contributed by atoms with Crippen molar-refractivity contribution < 1.29 is 48.5 Å². The molecule has 0 spiro atoms. The zero-order valence-electron chi connectivity index (χ0n) is 11.6. The highest BCUT2D eigenvalue weighted by atomic mass is 31.2. The maximum atomic E-state index is 11.7. The molecule has 3 atom stereocenters. The third-order valence-electron chi connectivity index (χ3n) is 3.30. The highest BCUT2D eigenvalue weighted by Gasteiger charge is 2.61. The van der Waals surface area contributed by atoms with Gasteiger partial charge in [0.15, 0.2) is 10.8 Å². The quantitative estimate of drug-likeness (QED) is 0.250. The number of carboxylic acids is 2. The molecule has 0 radical (unpaired) electrons. The first-order valence-electron chi connectivity index (χ1n) is 6.04. The first-order valence-corrected chi connectivity index (χ1v) is 9.33. The molecule has 0 saturated carbocycles. The summed E-state index contributed by atoms with van der Waals surface area (Å²) >= 11 is 0. The maximum Gasteiger partial charge on any atom is 0.344 e. The van der Waals surface area contributed by atoms with E-state index in [-0.39, 0.29) is 12.8 Å². The lowest BCUT2D eigenvalue weighted by Gasteiger charge is -2.36. The van der Waals surface area contributed by atoms with Crippen LogP contribution in [0, 0.1) is 0 Å². The predicted octanol–water partition coefficient (Wildman–Crippen LogP) is -0.864. The van der Waals surface area contributed by atoms with Gasteiger partial charge in [-0.25, -0.2) is 0 Å². The summed E-state index contributed by atoms with van der Waals surface area (Å²) < 4.78 is 22.9. The van der Waals surface area contributed by atoms with E-state index in [0.717, 1.165) is 0 Å². The molecule has 0 aliphatic rings. The molecule has 0 aliphatic carbocycles. The van der Waals surface area contributed by atoms with E-state index in [1.54, 1.807) is 6.92 Å². The van der Waals surface area contributed by atoms with Crippen LogP contribution in [0.2, 0.25) is 0 Å². The summed E-state index contributed by atoms with van der Waals surface area (Å²) in [6.07, 6.45) is -1.46. The third kappa shape index (κ3) is 4.36. The van der Waals surface area contributed by atoms with Crippen molar-refractivity contribution in [2.75, 3.05) is 0 Å². The number of carboxylic acid groups (broad SMARTS) is 2. The lowest BCUT2D eigenvalue weighted by atomic mass is 9.90. The molecule has 11 nitrogen and oxygen atoms in total. The van der Waals surface area contributed by atoms with Crippen LogP contribution in [0.15, 0.2) is 0 Å². The zero-order valence-corrected chi connectivity index (χ0v) is 13.4. The van der Waals surface area contributed by atoms with E-state index in [0.29, 0.717) is 0 Å². The van der Waals surface area contributed by atoms with Crippen LogP contribution in [-0.2, 0) is 18.7 Å². The number of hydrogen-bond donors (Lipinski definition) is 7. The van der Waals surface area contributed by atoms with Crippen LogP contribution in [0.25, 0.3) is 0 Å². The van der Waals surface area contributed by atoms with Crippen LogP contribution in [0.5, 0.6) is 0 Å². The van der Waals surface area contributed by atoms with Crippen LogP contribution in [0.1, 0.15) is 26.2 Å². The minimum atomic E-state index is -5.54. The molecule has 13 heteroatoms. The summed E-state index contributed by atoms with van der Waals surface area (Å²) in [7, 11) is -10.9. The lowest BCUT2D eigenvalue weighted by molar-refractivity contribution is -0.142. The number of nitrogens with two attached hydrogens (primary N) is 1. The van der Waals surface area contributed by atoms with Gasteiger partial charge in [0.2, 0.25) is 0 Å². The number of hydrogen-bond acceptors (Lipinski definition) is 5. The van der Waals surface area contributed by atoms with Crippen molar-refractivity contribution in [1.29, 1.82) is 0 Å². The molecule has 0 aromatic rings. The molecule has 0 fully saturated rings. The second-order valence-corrected chi connectivity index (χ2v) is 8.50. The van der Waals surface area contributed by atoms with Gasteiger partial charge in [-0.3, -0.25) is 18.7 Å². The average Bonchev–Trinajstić information content (AvgIpc) is 2.25. The third-order valence-corrected chi connectivity index (χ3v) is 6.26. The normalized spacial score (nSPS) is 18.3. The smallest absolute Gasteiger partial charge is 0.344 e. The maximum absolute atomic E-state index is 11.7.